The summed E-state index contributed by atoms with van der Waals surface area (Å²) in [6.45, 7) is 4.99. The maximum atomic E-state index is 12.3. The molecule has 1 aliphatic heterocycles. The Hall–Kier alpha value is -1.89. The summed E-state index contributed by atoms with van der Waals surface area (Å²) in [5.74, 6) is -0.243. The van der Waals surface area contributed by atoms with E-state index in [4.69, 9.17) is 4.74 Å². The zero-order valence-electron chi connectivity index (χ0n) is 12.0. The molecular formula is C13H20N4O3. The summed E-state index contributed by atoms with van der Waals surface area (Å²) in [5, 5.41) is 6.84. The van der Waals surface area contributed by atoms with E-state index in [0.29, 0.717) is 13.0 Å². The van der Waals surface area contributed by atoms with Gasteiger partial charge in [-0.05, 0) is 25.8 Å². The molecule has 0 radical (unpaired) electrons. The molecule has 0 spiro atoms. The quantitative estimate of drug-likeness (QED) is 0.765. The van der Waals surface area contributed by atoms with E-state index in [2.05, 4.69) is 10.4 Å². The Morgan fingerprint density at radius 3 is 2.80 bits per heavy atom. The highest BCUT2D eigenvalue weighted by atomic mass is 16.5. The fourth-order valence-electron chi connectivity index (χ4n) is 2.29. The largest absolute Gasteiger partial charge is 0.382 e. The van der Waals surface area contributed by atoms with Gasteiger partial charge in [0, 0.05) is 26.4 Å². The van der Waals surface area contributed by atoms with Crippen molar-refractivity contribution in [3.8, 4) is 0 Å². The molecule has 110 valence electrons. The van der Waals surface area contributed by atoms with Crippen molar-refractivity contribution in [3.05, 3.63) is 18.0 Å². The molecule has 7 heteroatoms. The van der Waals surface area contributed by atoms with E-state index in [1.807, 2.05) is 17.8 Å². The molecule has 0 bridgehead atoms. The van der Waals surface area contributed by atoms with Crippen LogP contribution in [0.15, 0.2) is 12.4 Å². The van der Waals surface area contributed by atoms with Crippen LogP contribution in [0.4, 0.5) is 4.79 Å². The van der Waals surface area contributed by atoms with Crippen molar-refractivity contribution in [2.75, 3.05) is 20.3 Å². The molecule has 1 saturated heterocycles. The van der Waals surface area contributed by atoms with Crippen LogP contribution in [0, 0.1) is 0 Å². The number of methoxy groups -OCH3 is 1. The molecule has 1 aliphatic rings. The predicted octanol–water partition coefficient (Wildman–Crippen LogP) is 0.402. The monoisotopic (exact) mass is 280 g/mol. The lowest BCUT2D eigenvalue weighted by Gasteiger charge is -2.20. The Kier molecular flexibility index (Phi) is 4.08. The van der Waals surface area contributed by atoms with Crippen LogP contribution in [0.3, 0.4) is 0 Å². The summed E-state index contributed by atoms with van der Waals surface area (Å²) in [4.78, 5) is 25.4. The van der Waals surface area contributed by atoms with E-state index in [1.54, 1.807) is 13.1 Å². The van der Waals surface area contributed by atoms with Crippen molar-refractivity contribution < 1.29 is 14.3 Å². The minimum atomic E-state index is -0.959. The second-order valence-electron chi connectivity index (χ2n) is 5.11. The lowest BCUT2D eigenvalue weighted by Crippen LogP contribution is -2.48. The number of aryl methyl sites for hydroxylation is 1. The summed E-state index contributed by atoms with van der Waals surface area (Å²) in [6.07, 6.45) is 4.28. The van der Waals surface area contributed by atoms with Crippen molar-refractivity contribution in [2.45, 2.75) is 32.4 Å². The first-order valence-electron chi connectivity index (χ1n) is 6.64. The second kappa shape index (κ2) is 5.62. The van der Waals surface area contributed by atoms with Crippen LogP contribution in [0.25, 0.3) is 0 Å². The average Bonchev–Trinajstić information content (AvgIpc) is 2.93. The van der Waals surface area contributed by atoms with Crippen LogP contribution in [0.1, 0.15) is 19.4 Å². The first-order valence-corrected chi connectivity index (χ1v) is 6.64. The minimum Gasteiger partial charge on any atom is -0.382 e. The molecule has 1 atom stereocenters. The predicted molar refractivity (Wildman–Crippen MR) is 72.1 cm³/mol. The maximum Gasteiger partial charge on any atom is 0.325 e. The average molecular weight is 280 g/mol. The van der Waals surface area contributed by atoms with Crippen LogP contribution in [0.5, 0.6) is 0 Å². The maximum absolute atomic E-state index is 12.3. The van der Waals surface area contributed by atoms with Crippen molar-refractivity contribution >= 4 is 11.9 Å². The molecule has 1 N–H and O–H groups in total. The first-order chi connectivity index (χ1) is 9.50. The van der Waals surface area contributed by atoms with E-state index in [0.717, 1.165) is 12.1 Å². The number of hydrogen-bond acceptors (Lipinski definition) is 4. The number of nitrogens with one attached hydrogen (secondary N) is 1. The van der Waals surface area contributed by atoms with Crippen molar-refractivity contribution in [1.82, 2.24) is 20.0 Å². The smallest absolute Gasteiger partial charge is 0.325 e. The molecule has 0 aliphatic carbocycles. The molecule has 20 heavy (non-hydrogen) atoms. The molecular weight excluding hydrogens is 260 g/mol. The van der Waals surface area contributed by atoms with E-state index >= 15 is 0 Å². The topological polar surface area (TPSA) is 76.5 Å². The molecule has 7 nitrogen and oxygen atoms in total. The number of carbonyl (C=O) groups is 2. The molecule has 1 aromatic heterocycles. The number of rotatable bonds is 6. The summed E-state index contributed by atoms with van der Waals surface area (Å²) in [7, 11) is 1.51. The van der Waals surface area contributed by atoms with E-state index in [1.165, 1.54) is 12.0 Å². The van der Waals surface area contributed by atoms with Crippen molar-refractivity contribution in [3.63, 3.8) is 0 Å². The lowest BCUT2D eigenvalue weighted by molar-refractivity contribution is -0.132. The molecule has 1 fully saturated rings. The molecule has 2 rings (SSSR count). The normalized spacial score (nSPS) is 22.4. The number of carbonyl (C=O) groups excluding carboxylic acids is 2. The summed E-state index contributed by atoms with van der Waals surface area (Å²) in [5.41, 5.74) is 0.0483. The molecule has 0 aromatic carbocycles. The SMILES string of the molecule is CCn1cc(CCN2C(=O)NC(C)(COC)C2=O)cn1. The van der Waals surface area contributed by atoms with Gasteiger partial charge in [0.05, 0.1) is 12.8 Å². The molecule has 1 unspecified atom stereocenters. The molecule has 0 saturated carbocycles. The number of amides is 3. The molecule has 1 aromatic rings. The highest BCUT2D eigenvalue weighted by Crippen LogP contribution is 2.18. The number of aromatic nitrogens is 2. The summed E-state index contributed by atoms with van der Waals surface area (Å²) >= 11 is 0. The van der Waals surface area contributed by atoms with Gasteiger partial charge < -0.3 is 10.1 Å². The third-order valence-corrected chi connectivity index (χ3v) is 3.41. The van der Waals surface area contributed by atoms with Gasteiger partial charge in [-0.15, -0.1) is 0 Å². The van der Waals surface area contributed by atoms with Crippen LogP contribution in [-0.2, 0) is 22.5 Å². The van der Waals surface area contributed by atoms with Crippen LogP contribution in [0.2, 0.25) is 0 Å². The third-order valence-electron chi connectivity index (χ3n) is 3.41. The minimum absolute atomic E-state index is 0.168. The lowest BCUT2D eigenvalue weighted by atomic mass is 10.0. The standard InChI is InChI=1S/C13H20N4O3/c1-4-16-8-10(7-14-16)5-6-17-11(18)13(2,9-20-3)15-12(17)19/h7-8H,4-6,9H2,1-3H3,(H,15,19). The van der Waals surface area contributed by atoms with Gasteiger partial charge in [-0.3, -0.25) is 14.4 Å². The van der Waals surface area contributed by atoms with Gasteiger partial charge in [0.1, 0.15) is 5.54 Å². The van der Waals surface area contributed by atoms with Gasteiger partial charge in [0.2, 0.25) is 0 Å². The highest BCUT2D eigenvalue weighted by Gasteiger charge is 2.47. The Balaban J connectivity index is 1.99. The Morgan fingerprint density at radius 2 is 2.20 bits per heavy atom. The number of imide groups is 1. The Morgan fingerprint density at radius 1 is 1.45 bits per heavy atom. The number of nitrogens with zero attached hydrogens (tertiary/aromatic N) is 3. The highest BCUT2D eigenvalue weighted by molar-refractivity contribution is 6.06. The van der Waals surface area contributed by atoms with Gasteiger partial charge in [0.15, 0.2) is 0 Å². The Bertz CT molecular complexity index is 513. The van der Waals surface area contributed by atoms with Crippen molar-refractivity contribution in [1.29, 1.82) is 0 Å². The van der Waals surface area contributed by atoms with Crippen LogP contribution >= 0.6 is 0 Å². The van der Waals surface area contributed by atoms with E-state index in [9.17, 15) is 9.59 Å². The zero-order chi connectivity index (χ0) is 14.8. The van der Waals surface area contributed by atoms with Crippen LogP contribution in [-0.4, -0.2) is 52.4 Å². The fourth-order valence-corrected chi connectivity index (χ4v) is 2.29. The summed E-state index contributed by atoms with van der Waals surface area (Å²) < 4.78 is 6.82. The van der Waals surface area contributed by atoms with Gasteiger partial charge in [-0.25, -0.2) is 4.79 Å². The fraction of sp³-hybridized carbons (Fsp3) is 0.615. The van der Waals surface area contributed by atoms with E-state index in [-0.39, 0.29) is 18.5 Å². The first kappa shape index (κ1) is 14.5. The second-order valence-corrected chi connectivity index (χ2v) is 5.11. The van der Waals surface area contributed by atoms with Gasteiger partial charge in [0.25, 0.3) is 5.91 Å². The Labute approximate surface area is 117 Å². The van der Waals surface area contributed by atoms with Gasteiger partial charge >= 0.3 is 6.03 Å². The summed E-state index contributed by atoms with van der Waals surface area (Å²) in [6, 6.07) is -0.363. The number of urea groups is 1. The number of hydrogen-bond donors (Lipinski definition) is 1. The third kappa shape index (κ3) is 2.67. The molecule has 3 amide bonds. The van der Waals surface area contributed by atoms with E-state index < -0.39 is 5.54 Å². The zero-order valence-corrected chi connectivity index (χ0v) is 12.0. The molecule has 2 heterocycles. The van der Waals surface area contributed by atoms with Gasteiger partial charge in [-0.1, -0.05) is 0 Å². The van der Waals surface area contributed by atoms with Gasteiger partial charge in [-0.2, -0.15) is 5.10 Å². The van der Waals surface area contributed by atoms with Crippen molar-refractivity contribution in [2.24, 2.45) is 0 Å². The number of ether oxygens (including phenoxy) is 1. The van der Waals surface area contributed by atoms with Crippen LogP contribution < -0.4 is 5.32 Å².